The van der Waals surface area contributed by atoms with Crippen LogP contribution in [0.15, 0.2) is 48.5 Å². The third-order valence-corrected chi connectivity index (χ3v) is 5.60. The Kier molecular flexibility index (Phi) is 5.81. The number of benzene rings is 2. The zero-order valence-electron chi connectivity index (χ0n) is 16.8. The van der Waals surface area contributed by atoms with E-state index in [2.05, 4.69) is 17.3 Å². The predicted molar refractivity (Wildman–Crippen MR) is 114 cm³/mol. The van der Waals surface area contributed by atoms with E-state index in [4.69, 9.17) is 4.74 Å². The summed E-state index contributed by atoms with van der Waals surface area (Å²) >= 11 is 0. The minimum absolute atomic E-state index is 0.143. The molecule has 2 amide bonds. The second-order valence-electron chi connectivity index (χ2n) is 7.79. The van der Waals surface area contributed by atoms with E-state index in [1.54, 1.807) is 17.0 Å². The Labute approximate surface area is 171 Å². The van der Waals surface area contributed by atoms with Gasteiger partial charge < -0.3 is 19.9 Å². The molecule has 6 nitrogen and oxygen atoms in total. The number of nitrogens with one attached hydrogen (secondary N) is 1. The summed E-state index contributed by atoms with van der Waals surface area (Å²) in [5, 5.41) is 2.91. The van der Waals surface area contributed by atoms with Crippen LogP contribution in [0.25, 0.3) is 0 Å². The van der Waals surface area contributed by atoms with Gasteiger partial charge in [-0.25, -0.2) is 0 Å². The molecule has 0 aliphatic carbocycles. The van der Waals surface area contributed by atoms with Crippen LogP contribution in [-0.4, -0.2) is 49.5 Å². The van der Waals surface area contributed by atoms with Gasteiger partial charge in [-0.3, -0.25) is 9.59 Å². The number of ether oxygens (including phenoxy) is 1. The Morgan fingerprint density at radius 1 is 1.00 bits per heavy atom. The first-order valence-corrected chi connectivity index (χ1v) is 10.3. The molecule has 2 aromatic carbocycles. The van der Waals surface area contributed by atoms with Crippen LogP contribution >= 0.6 is 0 Å². The lowest BCUT2D eigenvalue weighted by atomic mass is 10.1. The molecule has 2 heterocycles. The number of carbonyl (C=O) groups excluding carboxylic acids is 2. The minimum Gasteiger partial charge on any atom is -0.490 e. The van der Waals surface area contributed by atoms with Crippen LogP contribution in [-0.2, 0) is 4.79 Å². The molecule has 2 fully saturated rings. The highest BCUT2D eigenvalue weighted by Crippen LogP contribution is 2.23. The molecule has 0 radical (unpaired) electrons. The summed E-state index contributed by atoms with van der Waals surface area (Å²) in [6, 6.07) is 14.7. The van der Waals surface area contributed by atoms with Gasteiger partial charge in [0.25, 0.3) is 5.91 Å². The van der Waals surface area contributed by atoms with E-state index in [0.29, 0.717) is 12.0 Å². The topological polar surface area (TPSA) is 61.9 Å². The van der Waals surface area contributed by atoms with Crippen molar-refractivity contribution in [2.24, 2.45) is 0 Å². The average Bonchev–Trinajstić information content (AvgIpc) is 3.17. The number of carbonyl (C=O) groups is 2. The Bertz CT molecular complexity index is 856. The summed E-state index contributed by atoms with van der Waals surface area (Å²) in [5.41, 5.74) is 2.14. The van der Waals surface area contributed by atoms with Gasteiger partial charge in [-0.15, -0.1) is 0 Å². The summed E-state index contributed by atoms with van der Waals surface area (Å²) in [4.78, 5) is 28.4. The number of hydrogen-bond donors (Lipinski definition) is 1. The first-order chi connectivity index (χ1) is 14.1. The SMILES string of the molecule is CN1CCC(Oc2ccc(NC(=O)c3ccc(N4CCCC4=O)cc3)cc2)CC1. The molecule has 0 aromatic heterocycles. The quantitative estimate of drug-likeness (QED) is 0.844. The smallest absolute Gasteiger partial charge is 0.255 e. The van der Waals surface area contributed by atoms with Crippen molar-refractivity contribution in [3.05, 3.63) is 54.1 Å². The van der Waals surface area contributed by atoms with Crippen LogP contribution in [0.4, 0.5) is 11.4 Å². The van der Waals surface area contributed by atoms with Gasteiger partial charge in [0, 0.05) is 43.0 Å². The number of likely N-dealkylation sites (tertiary alicyclic amines) is 1. The van der Waals surface area contributed by atoms with Crippen LogP contribution in [0, 0.1) is 0 Å². The lowest BCUT2D eigenvalue weighted by molar-refractivity contribution is -0.117. The van der Waals surface area contributed by atoms with Gasteiger partial charge in [0.2, 0.25) is 5.91 Å². The fourth-order valence-corrected chi connectivity index (χ4v) is 3.83. The monoisotopic (exact) mass is 393 g/mol. The molecule has 1 N–H and O–H groups in total. The highest BCUT2D eigenvalue weighted by molar-refractivity contribution is 6.04. The Balaban J connectivity index is 1.33. The molecule has 2 aromatic rings. The van der Waals surface area contributed by atoms with Crippen molar-refractivity contribution in [1.82, 2.24) is 4.90 Å². The Morgan fingerprint density at radius 2 is 1.69 bits per heavy atom. The number of anilines is 2. The molecule has 29 heavy (non-hydrogen) atoms. The van der Waals surface area contributed by atoms with Crippen molar-refractivity contribution in [2.45, 2.75) is 31.8 Å². The largest absolute Gasteiger partial charge is 0.490 e. The van der Waals surface area contributed by atoms with Crippen LogP contribution in [0.2, 0.25) is 0 Å². The average molecular weight is 393 g/mol. The van der Waals surface area contributed by atoms with Crippen molar-refractivity contribution in [3.63, 3.8) is 0 Å². The second-order valence-corrected chi connectivity index (χ2v) is 7.79. The summed E-state index contributed by atoms with van der Waals surface area (Å²) in [7, 11) is 2.13. The zero-order chi connectivity index (χ0) is 20.2. The highest BCUT2D eigenvalue weighted by Gasteiger charge is 2.22. The molecule has 0 bridgehead atoms. The van der Waals surface area contributed by atoms with Gasteiger partial charge in [0.05, 0.1) is 0 Å². The molecule has 152 valence electrons. The molecule has 0 unspecified atom stereocenters. The zero-order valence-corrected chi connectivity index (χ0v) is 16.8. The highest BCUT2D eigenvalue weighted by atomic mass is 16.5. The summed E-state index contributed by atoms with van der Waals surface area (Å²) in [6.45, 7) is 2.86. The summed E-state index contributed by atoms with van der Waals surface area (Å²) in [5.74, 6) is 0.801. The third kappa shape index (κ3) is 4.77. The lowest BCUT2D eigenvalue weighted by Crippen LogP contribution is -2.35. The normalized spacial score (nSPS) is 18.1. The van der Waals surface area contributed by atoms with Gasteiger partial charge in [0.15, 0.2) is 0 Å². The predicted octanol–water partition coefficient (Wildman–Crippen LogP) is 3.54. The first kappa shape index (κ1) is 19.5. The van der Waals surface area contributed by atoms with Crippen LogP contribution in [0.5, 0.6) is 5.75 Å². The molecule has 2 saturated heterocycles. The summed E-state index contributed by atoms with van der Waals surface area (Å²) < 4.78 is 6.05. The maximum atomic E-state index is 12.5. The van der Waals surface area contributed by atoms with E-state index in [1.807, 2.05) is 36.4 Å². The van der Waals surface area contributed by atoms with Gasteiger partial charge in [-0.1, -0.05) is 0 Å². The van der Waals surface area contributed by atoms with Gasteiger partial charge in [-0.2, -0.15) is 0 Å². The molecular formula is C23H27N3O3. The number of rotatable bonds is 5. The lowest BCUT2D eigenvalue weighted by Gasteiger charge is -2.29. The van der Waals surface area contributed by atoms with Crippen molar-refractivity contribution < 1.29 is 14.3 Å². The molecule has 4 rings (SSSR count). The molecule has 2 aliphatic rings. The van der Waals surface area contributed by atoms with E-state index in [9.17, 15) is 9.59 Å². The molecule has 0 saturated carbocycles. The molecule has 0 spiro atoms. The van der Waals surface area contributed by atoms with Crippen molar-refractivity contribution in [3.8, 4) is 5.75 Å². The van der Waals surface area contributed by atoms with Gasteiger partial charge >= 0.3 is 0 Å². The fourth-order valence-electron chi connectivity index (χ4n) is 3.83. The Morgan fingerprint density at radius 3 is 2.31 bits per heavy atom. The van der Waals surface area contributed by atoms with E-state index in [0.717, 1.165) is 56.0 Å². The van der Waals surface area contributed by atoms with E-state index < -0.39 is 0 Å². The summed E-state index contributed by atoms with van der Waals surface area (Å²) in [6.07, 6.45) is 3.81. The maximum absolute atomic E-state index is 12.5. The van der Waals surface area contributed by atoms with Gasteiger partial charge in [0.1, 0.15) is 11.9 Å². The molecular weight excluding hydrogens is 366 g/mol. The third-order valence-electron chi connectivity index (χ3n) is 5.60. The second kappa shape index (κ2) is 8.66. The number of nitrogens with zero attached hydrogens (tertiary/aromatic N) is 2. The number of piperidine rings is 1. The van der Waals surface area contributed by atoms with Crippen molar-refractivity contribution in [1.29, 1.82) is 0 Å². The van der Waals surface area contributed by atoms with Crippen molar-refractivity contribution >= 4 is 23.2 Å². The molecule has 2 aliphatic heterocycles. The van der Waals surface area contributed by atoms with E-state index in [-0.39, 0.29) is 17.9 Å². The molecule has 0 atom stereocenters. The minimum atomic E-state index is -0.173. The first-order valence-electron chi connectivity index (χ1n) is 10.3. The number of hydrogen-bond acceptors (Lipinski definition) is 4. The van der Waals surface area contributed by atoms with Crippen LogP contribution in [0.1, 0.15) is 36.0 Å². The van der Waals surface area contributed by atoms with E-state index in [1.165, 1.54) is 0 Å². The van der Waals surface area contributed by atoms with E-state index >= 15 is 0 Å². The van der Waals surface area contributed by atoms with Crippen LogP contribution < -0.4 is 15.0 Å². The van der Waals surface area contributed by atoms with Crippen molar-refractivity contribution in [2.75, 3.05) is 36.9 Å². The van der Waals surface area contributed by atoms with Gasteiger partial charge in [-0.05, 0) is 74.8 Å². The maximum Gasteiger partial charge on any atom is 0.255 e. The Hall–Kier alpha value is -2.86. The number of amides is 2. The molecule has 6 heteroatoms. The standard InChI is InChI=1S/C23H27N3O3/c1-25-15-12-21(13-16-25)29-20-10-6-18(7-11-20)24-23(28)17-4-8-19(9-5-17)26-14-2-3-22(26)27/h4-11,21H,2-3,12-16H2,1H3,(H,24,28). The van der Waals surface area contributed by atoms with Crippen LogP contribution in [0.3, 0.4) is 0 Å². The fraction of sp³-hybridized carbons (Fsp3) is 0.391.